The molecule has 0 unspecified atom stereocenters. The van der Waals surface area contributed by atoms with E-state index in [0.29, 0.717) is 0 Å². The van der Waals surface area contributed by atoms with E-state index in [2.05, 4.69) is 52.5 Å². The summed E-state index contributed by atoms with van der Waals surface area (Å²) in [7, 11) is 2.16. The monoisotopic (exact) mass is 277 g/mol. The molecule has 1 aliphatic heterocycles. The smallest absolute Gasteiger partial charge is 0.169 e. The summed E-state index contributed by atoms with van der Waals surface area (Å²) in [4.78, 5) is 4.62. The standard InChI is InChI=1S/C15H23N3S/c1-17-10-12-18(13-11-17)15(19)16-9-5-8-14-6-3-2-4-7-14/h2-4,6-7H,5,8-13H2,1H3,(H,16,19). The van der Waals surface area contributed by atoms with Crippen LogP contribution < -0.4 is 5.32 Å². The van der Waals surface area contributed by atoms with Gasteiger partial charge in [0, 0.05) is 32.7 Å². The molecule has 0 radical (unpaired) electrons. The Hall–Kier alpha value is -1.13. The highest BCUT2D eigenvalue weighted by atomic mass is 32.1. The summed E-state index contributed by atoms with van der Waals surface area (Å²) in [6.07, 6.45) is 2.23. The van der Waals surface area contributed by atoms with Crippen molar-refractivity contribution in [2.75, 3.05) is 39.8 Å². The number of nitrogens with one attached hydrogen (secondary N) is 1. The molecule has 4 heteroatoms. The molecule has 1 aromatic rings. The van der Waals surface area contributed by atoms with Gasteiger partial charge < -0.3 is 15.1 Å². The van der Waals surface area contributed by atoms with Gasteiger partial charge in [-0.15, -0.1) is 0 Å². The molecule has 1 aliphatic rings. The molecule has 3 nitrogen and oxygen atoms in total. The van der Waals surface area contributed by atoms with Crippen molar-refractivity contribution >= 4 is 17.3 Å². The lowest BCUT2D eigenvalue weighted by molar-refractivity contribution is 0.214. The van der Waals surface area contributed by atoms with Gasteiger partial charge >= 0.3 is 0 Å². The molecular weight excluding hydrogens is 254 g/mol. The van der Waals surface area contributed by atoms with Crippen LogP contribution in [0.4, 0.5) is 0 Å². The number of hydrogen-bond donors (Lipinski definition) is 1. The molecule has 0 aliphatic carbocycles. The maximum Gasteiger partial charge on any atom is 0.169 e. The number of thiocarbonyl (C=S) groups is 1. The van der Waals surface area contributed by atoms with Crippen LogP contribution >= 0.6 is 12.2 Å². The maximum atomic E-state index is 5.44. The van der Waals surface area contributed by atoms with Crippen LogP contribution in [0.2, 0.25) is 0 Å². The second-order valence-electron chi connectivity index (χ2n) is 5.11. The van der Waals surface area contributed by atoms with Gasteiger partial charge in [0.05, 0.1) is 0 Å². The van der Waals surface area contributed by atoms with Crippen LogP contribution in [0.25, 0.3) is 0 Å². The van der Waals surface area contributed by atoms with Crippen molar-refractivity contribution in [2.45, 2.75) is 12.8 Å². The van der Waals surface area contributed by atoms with E-state index in [0.717, 1.165) is 50.7 Å². The number of likely N-dealkylation sites (N-methyl/N-ethyl adjacent to an activating group) is 1. The maximum absolute atomic E-state index is 5.44. The summed E-state index contributed by atoms with van der Waals surface area (Å²) >= 11 is 5.44. The third-order valence-electron chi connectivity index (χ3n) is 3.55. The Morgan fingerprint density at radius 2 is 1.84 bits per heavy atom. The second kappa shape index (κ2) is 7.46. The van der Waals surface area contributed by atoms with Crippen molar-refractivity contribution in [3.05, 3.63) is 35.9 Å². The highest BCUT2D eigenvalue weighted by Gasteiger charge is 2.15. The molecule has 104 valence electrons. The summed E-state index contributed by atoms with van der Waals surface area (Å²) in [5.41, 5.74) is 1.40. The van der Waals surface area contributed by atoms with Crippen LogP contribution in [-0.2, 0) is 6.42 Å². The van der Waals surface area contributed by atoms with Crippen LogP contribution in [0.3, 0.4) is 0 Å². The number of rotatable bonds is 4. The zero-order valence-corrected chi connectivity index (χ0v) is 12.5. The molecule has 1 fully saturated rings. The van der Waals surface area contributed by atoms with Gasteiger partial charge in [0.2, 0.25) is 0 Å². The highest BCUT2D eigenvalue weighted by molar-refractivity contribution is 7.80. The Labute approximate surface area is 121 Å². The first-order valence-corrected chi connectivity index (χ1v) is 7.42. The van der Waals surface area contributed by atoms with Crippen molar-refractivity contribution in [2.24, 2.45) is 0 Å². The first-order valence-electron chi connectivity index (χ1n) is 7.01. The lowest BCUT2D eigenvalue weighted by Gasteiger charge is -2.34. The van der Waals surface area contributed by atoms with Gasteiger partial charge in [-0.1, -0.05) is 30.3 Å². The Bertz CT molecular complexity index is 386. The van der Waals surface area contributed by atoms with E-state index in [1.165, 1.54) is 5.56 Å². The number of aryl methyl sites for hydroxylation is 1. The normalized spacial score (nSPS) is 16.4. The predicted molar refractivity (Wildman–Crippen MR) is 84.4 cm³/mol. The van der Waals surface area contributed by atoms with E-state index in [9.17, 15) is 0 Å². The first-order chi connectivity index (χ1) is 9.25. The molecule has 0 saturated carbocycles. The summed E-state index contributed by atoms with van der Waals surface area (Å²) in [6, 6.07) is 10.6. The number of nitrogens with zero attached hydrogens (tertiary/aromatic N) is 2. The average molecular weight is 277 g/mol. The summed E-state index contributed by atoms with van der Waals surface area (Å²) < 4.78 is 0. The van der Waals surface area contributed by atoms with E-state index < -0.39 is 0 Å². The molecule has 2 rings (SSSR count). The molecule has 1 N–H and O–H groups in total. The minimum atomic E-state index is 0.918. The fraction of sp³-hybridized carbons (Fsp3) is 0.533. The molecule has 19 heavy (non-hydrogen) atoms. The Morgan fingerprint density at radius 1 is 1.16 bits per heavy atom. The van der Waals surface area contributed by atoms with Crippen molar-refractivity contribution in [1.29, 1.82) is 0 Å². The fourth-order valence-corrected chi connectivity index (χ4v) is 2.54. The SMILES string of the molecule is CN1CCN(C(=S)NCCCc2ccccc2)CC1. The third kappa shape index (κ3) is 4.80. The van der Waals surface area contributed by atoms with Gasteiger partial charge in [-0.2, -0.15) is 0 Å². The summed E-state index contributed by atoms with van der Waals surface area (Å²) in [5.74, 6) is 0. The topological polar surface area (TPSA) is 18.5 Å². The summed E-state index contributed by atoms with van der Waals surface area (Å²) in [6.45, 7) is 5.25. The van der Waals surface area contributed by atoms with Crippen LogP contribution in [-0.4, -0.2) is 54.7 Å². The number of piperazine rings is 1. The Balaban J connectivity index is 1.61. The minimum absolute atomic E-state index is 0.918. The van der Waals surface area contributed by atoms with Crippen molar-refractivity contribution < 1.29 is 0 Å². The molecule has 0 amide bonds. The Kier molecular flexibility index (Phi) is 5.61. The zero-order chi connectivity index (χ0) is 13.5. The van der Waals surface area contributed by atoms with Crippen LogP contribution in [0.15, 0.2) is 30.3 Å². The van der Waals surface area contributed by atoms with Gasteiger partial charge in [0.1, 0.15) is 0 Å². The van der Waals surface area contributed by atoms with E-state index in [1.807, 2.05) is 0 Å². The quantitative estimate of drug-likeness (QED) is 0.667. The highest BCUT2D eigenvalue weighted by Crippen LogP contribution is 2.02. The van der Waals surface area contributed by atoms with Crippen molar-refractivity contribution in [3.63, 3.8) is 0 Å². The average Bonchev–Trinajstić information content (AvgIpc) is 2.45. The van der Waals surface area contributed by atoms with E-state index >= 15 is 0 Å². The molecule has 1 heterocycles. The van der Waals surface area contributed by atoms with Crippen molar-refractivity contribution in [3.8, 4) is 0 Å². The van der Waals surface area contributed by atoms with Gasteiger partial charge in [-0.3, -0.25) is 0 Å². The van der Waals surface area contributed by atoms with Gasteiger partial charge in [0.15, 0.2) is 5.11 Å². The van der Waals surface area contributed by atoms with Gasteiger partial charge in [-0.25, -0.2) is 0 Å². The second-order valence-corrected chi connectivity index (χ2v) is 5.50. The lowest BCUT2D eigenvalue weighted by Crippen LogP contribution is -2.50. The largest absolute Gasteiger partial charge is 0.363 e. The summed E-state index contributed by atoms with van der Waals surface area (Å²) in [5, 5.41) is 4.29. The minimum Gasteiger partial charge on any atom is -0.363 e. The molecule has 1 saturated heterocycles. The van der Waals surface area contributed by atoms with Gasteiger partial charge in [-0.05, 0) is 37.7 Å². The number of hydrogen-bond acceptors (Lipinski definition) is 2. The molecule has 0 spiro atoms. The van der Waals surface area contributed by atoms with Gasteiger partial charge in [0.25, 0.3) is 0 Å². The number of benzene rings is 1. The molecule has 1 aromatic carbocycles. The molecule has 0 bridgehead atoms. The fourth-order valence-electron chi connectivity index (χ4n) is 2.25. The predicted octanol–water partition coefficient (Wildman–Crippen LogP) is 1.74. The lowest BCUT2D eigenvalue weighted by atomic mass is 10.1. The first kappa shape index (κ1) is 14.3. The molecular formula is C15H23N3S. The van der Waals surface area contributed by atoms with Crippen LogP contribution in [0.1, 0.15) is 12.0 Å². The molecule has 0 atom stereocenters. The zero-order valence-electron chi connectivity index (χ0n) is 11.6. The molecule has 0 aromatic heterocycles. The Morgan fingerprint density at radius 3 is 2.53 bits per heavy atom. The van der Waals surface area contributed by atoms with Crippen LogP contribution in [0.5, 0.6) is 0 Å². The van der Waals surface area contributed by atoms with E-state index in [4.69, 9.17) is 12.2 Å². The van der Waals surface area contributed by atoms with E-state index in [1.54, 1.807) is 0 Å². The third-order valence-corrected chi connectivity index (χ3v) is 3.95. The van der Waals surface area contributed by atoms with Crippen molar-refractivity contribution in [1.82, 2.24) is 15.1 Å². The van der Waals surface area contributed by atoms with E-state index in [-0.39, 0.29) is 0 Å². The van der Waals surface area contributed by atoms with Crippen LogP contribution in [0, 0.1) is 0 Å².